The fourth-order valence-corrected chi connectivity index (χ4v) is 1.24. The van der Waals surface area contributed by atoms with Gasteiger partial charge in [-0.15, -0.1) is 0 Å². The fourth-order valence-electron chi connectivity index (χ4n) is 1.24. The number of nitrogens with two attached hydrogens (primary N) is 1. The Morgan fingerprint density at radius 3 is 3.45 bits per heavy atom. The molecule has 0 amide bonds. The summed E-state index contributed by atoms with van der Waals surface area (Å²) in [5.41, 5.74) is 6.81. The van der Waals surface area contributed by atoms with E-state index in [1.807, 2.05) is 12.1 Å². The minimum atomic E-state index is 0.131. The molecule has 2 N–H and O–H groups in total. The molecule has 1 aromatic heterocycles. The Morgan fingerprint density at radius 1 is 1.64 bits per heavy atom. The van der Waals surface area contributed by atoms with Gasteiger partial charge < -0.3 is 10.5 Å². The minimum absolute atomic E-state index is 0.131. The number of hydrogen-bond acceptors (Lipinski definition) is 3. The molecule has 0 spiro atoms. The van der Waals surface area contributed by atoms with Gasteiger partial charge >= 0.3 is 0 Å². The molecule has 1 unspecified atom stereocenters. The van der Waals surface area contributed by atoms with Gasteiger partial charge in [0.15, 0.2) is 0 Å². The molecule has 58 valence electrons. The first-order valence-corrected chi connectivity index (χ1v) is 3.68. The van der Waals surface area contributed by atoms with E-state index in [0.29, 0.717) is 6.61 Å². The summed E-state index contributed by atoms with van der Waals surface area (Å²) in [6.07, 6.45) is 2.61. The molecular formula is C8H10N2O. The molecule has 11 heavy (non-hydrogen) atoms. The molecule has 0 aliphatic carbocycles. The lowest BCUT2D eigenvalue weighted by Gasteiger charge is -2.20. The number of hydrogen-bond donors (Lipinski definition) is 1. The summed E-state index contributed by atoms with van der Waals surface area (Å²) in [7, 11) is 0. The monoisotopic (exact) mass is 150 g/mol. The van der Waals surface area contributed by atoms with E-state index in [-0.39, 0.29) is 6.04 Å². The Morgan fingerprint density at radius 2 is 2.55 bits per heavy atom. The number of aromatic nitrogens is 1. The Bertz CT molecular complexity index is 262. The molecule has 1 aromatic rings. The van der Waals surface area contributed by atoms with E-state index in [0.717, 1.165) is 17.9 Å². The van der Waals surface area contributed by atoms with Crippen LogP contribution in [0.3, 0.4) is 0 Å². The maximum atomic E-state index is 5.70. The van der Waals surface area contributed by atoms with Crippen molar-refractivity contribution in [2.24, 2.45) is 5.73 Å². The summed E-state index contributed by atoms with van der Waals surface area (Å²) in [4.78, 5) is 4.08. The van der Waals surface area contributed by atoms with Gasteiger partial charge in [-0.25, -0.2) is 4.98 Å². The zero-order chi connectivity index (χ0) is 7.68. The maximum absolute atomic E-state index is 5.70. The molecule has 0 fully saturated rings. The largest absolute Gasteiger partial charge is 0.476 e. The topological polar surface area (TPSA) is 48.1 Å². The fraction of sp³-hybridized carbons (Fsp3) is 0.375. The molecule has 0 bridgehead atoms. The lowest BCUT2D eigenvalue weighted by molar-refractivity contribution is 0.253. The van der Waals surface area contributed by atoms with Crippen molar-refractivity contribution in [1.82, 2.24) is 4.98 Å². The molecule has 3 nitrogen and oxygen atoms in total. The van der Waals surface area contributed by atoms with Crippen LogP contribution in [0.25, 0.3) is 0 Å². The number of ether oxygens (including phenoxy) is 1. The molecule has 2 heterocycles. The van der Waals surface area contributed by atoms with Crippen LogP contribution in [-0.2, 0) is 6.42 Å². The summed E-state index contributed by atoms with van der Waals surface area (Å²) in [6, 6.07) is 4.04. The summed E-state index contributed by atoms with van der Waals surface area (Å²) in [6.45, 7) is 0.587. The predicted octanol–water partition coefficient (Wildman–Crippen LogP) is 0.344. The van der Waals surface area contributed by atoms with Crippen LogP contribution in [0.1, 0.15) is 5.56 Å². The van der Waals surface area contributed by atoms with E-state index in [1.165, 1.54) is 0 Å². The van der Waals surface area contributed by atoms with Gasteiger partial charge in [0.1, 0.15) is 6.61 Å². The first-order valence-electron chi connectivity index (χ1n) is 3.68. The molecule has 1 aliphatic heterocycles. The molecule has 0 saturated heterocycles. The van der Waals surface area contributed by atoms with Gasteiger partial charge in [-0.2, -0.15) is 0 Å². The highest BCUT2D eigenvalue weighted by molar-refractivity contribution is 5.28. The highest BCUT2D eigenvalue weighted by atomic mass is 16.5. The summed E-state index contributed by atoms with van der Waals surface area (Å²) < 4.78 is 5.30. The van der Waals surface area contributed by atoms with Crippen LogP contribution in [0.5, 0.6) is 5.88 Å². The second kappa shape index (κ2) is 2.51. The van der Waals surface area contributed by atoms with E-state index in [1.54, 1.807) is 6.20 Å². The van der Waals surface area contributed by atoms with E-state index < -0.39 is 0 Å². The SMILES string of the molecule is NC1COc2ncccc2C1. The Balaban J connectivity index is 2.34. The molecule has 3 heteroatoms. The van der Waals surface area contributed by atoms with Crippen LogP contribution in [-0.4, -0.2) is 17.6 Å². The van der Waals surface area contributed by atoms with Gasteiger partial charge in [0.2, 0.25) is 5.88 Å². The summed E-state index contributed by atoms with van der Waals surface area (Å²) in [5, 5.41) is 0. The molecule has 1 aliphatic rings. The average Bonchev–Trinajstić information content (AvgIpc) is 2.04. The molecule has 0 saturated carbocycles. The van der Waals surface area contributed by atoms with E-state index in [2.05, 4.69) is 4.98 Å². The van der Waals surface area contributed by atoms with Crippen LogP contribution in [0, 0.1) is 0 Å². The number of rotatable bonds is 0. The van der Waals surface area contributed by atoms with Crippen LogP contribution in [0.15, 0.2) is 18.3 Å². The quantitative estimate of drug-likeness (QED) is 0.580. The summed E-state index contributed by atoms with van der Waals surface area (Å²) in [5.74, 6) is 0.745. The van der Waals surface area contributed by atoms with Crippen molar-refractivity contribution >= 4 is 0 Å². The highest BCUT2D eigenvalue weighted by Crippen LogP contribution is 2.19. The molecule has 1 atom stereocenters. The second-order valence-electron chi connectivity index (χ2n) is 2.74. The van der Waals surface area contributed by atoms with Gasteiger partial charge in [0, 0.05) is 17.8 Å². The van der Waals surface area contributed by atoms with Gasteiger partial charge in [-0.3, -0.25) is 0 Å². The molecule has 0 aromatic carbocycles. The predicted molar refractivity (Wildman–Crippen MR) is 41.4 cm³/mol. The molecule has 0 radical (unpaired) electrons. The lowest BCUT2D eigenvalue weighted by atomic mass is 10.1. The Kier molecular flexibility index (Phi) is 1.51. The number of nitrogens with zero attached hydrogens (tertiary/aromatic N) is 1. The van der Waals surface area contributed by atoms with Gasteiger partial charge in [-0.05, 0) is 12.5 Å². The minimum Gasteiger partial charge on any atom is -0.476 e. The number of fused-ring (bicyclic) bond motifs is 1. The third kappa shape index (κ3) is 1.19. The van der Waals surface area contributed by atoms with Crippen molar-refractivity contribution in [3.8, 4) is 5.88 Å². The normalized spacial score (nSPS) is 22.1. The van der Waals surface area contributed by atoms with Gasteiger partial charge in [0.05, 0.1) is 0 Å². The van der Waals surface area contributed by atoms with Crippen LogP contribution in [0.2, 0.25) is 0 Å². The van der Waals surface area contributed by atoms with Gasteiger partial charge in [0.25, 0.3) is 0 Å². The third-order valence-electron chi connectivity index (χ3n) is 1.77. The third-order valence-corrected chi connectivity index (χ3v) is 1.77. The van der Waals surface area contributed by atoms with Crippen molar-refractivity contribution in [3.05, 3.63) is 23.9 Å². The van der Waals surface area contributed by atoms with Crippen LogP contribution in [0.4, 0.5) is 0 Å². The zero-order valence-corrected chi connectivity index (χ0v) is 6.16. The van der Waals surface area contributed by atoms with Gasteiger partial charge in [-0.1, -0.05) is 6.07 Å². The van der Waals surface area contributed by atoms with Crippen molar-refractivity contribution in [3.63, 3.8) is 0 Å². The van der Waals surface area contributed by atoms with E-state index in [9.17, 15) is 0 Å². The maximum Gasteiger partial charge on any atom is 0.216 e. The zero-order valence-electron chi connectivity index (χ0n) is 6.16. The van der Waals surface area contributed by atoms with Crippen molar-refractivity contribution in [2.75, 3.05) is 6.61 Å². The van der Waals surface area contributed by atoms with E-state index >= 15 is 0 Å². The molecule has 2 rings (SSSR count). The smallest absolute Gasteiger partial charge is 0.216 e. The standard InChI is InChI=1S/C8H10N2O/c9-7-4-6-2-1-3-10-8(6)11-5-7/h1-3,7H,4-5,9H2. The summed E-state index contributed by atoms with van der Waals surface area (Å²) >= 11 is 0. The highest BCUT2D eigenvalue weighted by Gasteiger charge is 2.16. The number of pyridine rings is 1. The van der Waals surface area contributed by atoms with Crippen LogP contribution >= 0.6 is 0 Å². The van der Waals surface area contributed by atoms with Crippen molar-refractivity contribution < 1.29 is 4.74 Å². The van der Waals surface area contributed by atoms with Crippen molar-refractivity contribution in [1.29, 1.82) is 0 Å². The Hall–Kier alpha value is -1.09. The van der Waals surface area contributed by atoms with E-state index in [4.69, 9.17) is 10.5 Å². The van der Waals surface area contributed by atoms with Crippen molar-refractivity contribution in [2.45, 2.75) is 12.5 Å². The Labute approximate surface area is 65.2 Å². The second-order valence-corrected chi connectivity index (χ2v) is 2.74. The first-order chi connectivity index (χ1) is 5.36. The van der Waals surface area contributed by atoms with Crippen LogP contribution < -0.4 is 10.5 Å². The molecular weight excluding hydrogens is 140 g/mol. The lowest BCUT2D eigenvalue weighted by Crippen LogP contribution is -2.34. The average molecular weight is 150 g/mol. The first kappa shape index (κ1) is 6.61.